The summed E-state index contributed by atoms with van der Waals surface area (Å²) in [6.07, 6.45) is 1.89. The summed E-state index contributed by atoms with van der Waals surface area (Å²) < 4.78 is 0.992. The Kier molecular flexibility index (Phi) is 2.44. The van der Waals surface area contributed by atoms with Gasteiger partial charge in [-0.05, 0) is 22.9 Å². The van der Waals surface area contributed by atoms with Crippen LogP contribution in [0.15, 0.2) is 41.0 Å². The van der Waals surface area contributed by atoms with Crippen LogP contribution < -0.4 is 0 Å². The first-order valence-corrected chi connectivity index (χ1v) is 6.11. The second kappa shape index (κ2) is 3.96. The molecule has 84 valence electrons. The molecule has 2 aromatic heterocycles. The summed E-state index contributed by atoms with van der Waals surface area (Å²) in [4.78, 5) is 12.1. The molecule has 4 heteroatoms. The topological polar surface area (TPSA) is 41.6 Å². The van der Waals surface area contributed by atoms with Crippen LogP contribution in [0, 0.1) is 6.92 Å². The predicted octanol–water partition coefficient (Wildman–Crippen LogP) is 3.70. The number of fused-ring (bicyclic) bond motifs is 1. The molecule has 1 aromatic carbocycles. The highest BCUT2D eigenvalue weighted by atomic mass is 79.9. The number of halogens is 1. The van der Waals surface area contributed by atoms with Crippen molar-refractivity contribution in [3.05, 3.63) is 46.8 Å². The molecule has 17 heavy (non-hydrogen) atoms. The largest absolute Gasteiger partial charge is 0.345 e. The maximum Gasteiger partial charge on any atom is 0.142 e. The Hall–Kier alpha value is -1.68. The van der Waals surface area contributed by atoms with Gasteiger partial charge in [0.05, 0.1) is 11.1 Å². The van der Waals surface area contributed by atoms with Crippen LogP contribution >= 0.6 is 15.9 Å². The summed E-state index contributed by atoms with van der Waals surface area (Å²) in [7, 11) is 0. The fraction of sp³-hybridized carbons (Fsp3) is 0.0769. The lowest BCUT2D eigenvalue weighted by atomic mass is 10.1. The van der Waals surface area contributed by atoms with E-state index in [4.69, 9.17) is 0 Å². The highest BCUT2D eigenvalue weighted by Gasteiger charge is 2.12. The number of nitrogens with zero attached hydrogens (tertiary/aromatic N) is 2. The second-order valence-corrected chi connectivity index (χ2v) is 4.70. The number of rotatable bonds is 1. The summed E-state index contributed by atoms with van der Waals surface area (Å²) in [6.45, 7) is 1.90. The van der Waals surface area contributed by atoms with Crippen LogP contribution in [-0.2, 0) is 0 Å². The molecule has 0 amide bonds. The first-order chi connectivity index (χ1) is 8.25. The summed E-state index contributed by atoms with van der Waals surface area (Å²) in [6, 6.07) is 10.1. The van der Waals surface area contributed by atoms with Crippen LogP contribution in [0.5, 0.6) is 0 Å². The zero-order valence-corrected chi connectivity index (χ0v) is 10.8. The lowest BCUT2D eigenvalue weighted by Gasteiger charge is -2.04. The van der Waals surface area contributed by atoms with Gasteiger partial charge in [-0.15, -0.1) is 0 Å². The molecule has 0 saturated heterocycles. The molecule has 0 bridgehead atoms. The van der Waals surface area contributed by atoms with Crippen molar-refractivity contribution in [2.45, 2.75) is 6.92 Å². The number of aromatic amines is 1. The van der Waals surface area contributed by atoms with Gasteiger partial charge in [0, 0.05) is 16.2 Å². The molecule has 0 fully saturated rings. The average Bonchev–Trinajstić information content (AvgIpc) is 2.71. The van der Waals surface area contributed by atoms with Crippen molar-refractivity contribution in [2.75, 3.05) is 0 Å². The molecule has 1 N–H and O–H groups in total. The third-order valence-corrected chi connectivity index (χ3v) is 3.27. The molecule has 3 nitrogen and oxygen atoms in total. The normalized spacial score (nSPS) is 10.9. The number of aryl methyl sites for hydroxylation is 1. The third-order valence-electron chi connectivity index (χ3n) is 2.64. The van der Waals surface area contributed by atoms with Crippen molar-refractivity contribution in [3.8, 4) is 11.3 Å². The highest BCUT2D eigenvalue weighted by molar-refractivity contribution is 9.10. The van der Waals surface area contributed by atoms with Gasteiger partial charge < -0.3 is 4.98 Å². The van der Waals surface area contributed by atoms with E-state index >= 15 is 0 Å². The summed E-state index contributed by atoms with van der Waals surface area (Å²) >= 11 is 3.53. The van der Waals surface area contributed by atoms with Gasteiger partial charge in [0.25, 0.3) is 0 Å². The van der Waals surface area contributed by atoms with Gasteiger partial charge in [-0.25, -0.2) is 9.97 Å². The second-order valence-electron chi connectivity index (χ2n) is 3.85. The Bertz CT molecular complexity index is 674. The van der Waals surface area contributed by atoms with Crippen molar-refractivity contribution in [1.82, 2.24) is 15.0 Å². The van der Waals surface area contributed by atoms with Crippen molar-refractivity contribution in [1.29, 1.82) is 0 Å². The molecular weight excluding hydrogens is 278 g/mol. The summed E-state index contributed by atoms with van der Waals surface area (Å²) in [5.74, 6) is 0.769. The number of hydrogen-bond donors (Lipinski definition) is 1. The van der Waals surface area contributed by atoms with Crippen LogP contribution in [0.25, 0.3) is 22.3 Å². The lowest BCUT2D eigenvalue weighted by Crippen LogP contribution is -1.92. The molecule has 0 aliphatic heterocycles. The first kappa shape index (κ1) is 10.5. The van der Waals surface area contributed by atoms with Gasteiger partial charge >= 0.3 is 0 Å². The van der Waals surface area contributed by atoms with E-state index in [9.17, 15) is 0 Å². The van der Waals surface area contributed by atoms with Gasteiger partial charge in [-0.3, -0.25) is 0 Å². The molecule has 2 heterocycles. The number of nitrogens with one attached hydrogen (secondary N) is 1. The Morgan fingerprint density at radius 1 is 1.12 bits per heavy atom. The van der Waals surface area contributed by atoms with E-state index in [1.807, 2.05) is 31.3 Å². The number of benzene rings is 1. The fourth-order valence-corrected chi connectivity index (χ4v) is 2.40. The standard InChI is InChI=1S/C13H10BrN3/c1-8-16-12(9-5-3-2-4-6-9)11-10(14)7-15-13(11)17-8/h2-7H,1H3,(H,15,16,17). The molecule has 0 radical (unpaired) electrons. The van der Waals surface area contributed by atoms with Crippen LogP contribution in [0.1, 0.15) is 5.82 Å². The number of aromatic nitrogens is 3. The van der Waals surface area contributed by atoms with Gasteiger partial charge in [0.2, 0.25) is 0 Å². The Morgan fingerprint density at radius 2 is 1.88 bits per heavy atom. The van der Waals surface area contributed by atoms with Crippen LogP contribution in [0.3, 0.4) is 0 Å². The molecule has 0 spiro atoms. The third kappa shape index (κ3) is 1.74. The minimum Gasteiger partial charge on any atom is -0.345 e. The fourth-order valence-electron chi connectivity index (χ4n) is 1.91. The molecule has 3 rings (SSSR count). The van der Waals surface area contributed by atoms with Gasteiger partial charge in [0.1, 0.15) is 11.5 Å². The predicted molar refractivity (Wildman–Crippen MR) is 71.8 cm³/mol. The minimum atomic E-state index is 0.769. The Morgan fingerprint density at radius 3 is 2.65 bits per heavy atom. The molecule has 0 atom stereocenters. The molecule has 0 aliphatic carbocycles. The van der Waals surface area contributed by atoms with Crippen molar-refractivity contribution >= 4 is 27.0 Å². The molecule has 0 saturated carbocycles. The maximum atomic E-state index is 4.54. The van der Waals surface area contributed by atoms with Crippen molar-refractivity contribution in [3.63, 3.8) is 0 Å². The maximum absolute atomic E-state index is 4.54. The zero-order valence-electron chi connectivity index (χ0n) is 9.24. The first-order valence-electron chi connectivity index (χ1n) is 5.32. The van der Waals surface area contributed by atoms with Crippen LogP contribution in [-0.4, -0.2) is 15.0 Å². The van der Waals surface area contributed by atoms with Crippen molar-refractivity contribution < 1.29 is 0 Å². The van der Waals surface area contributed by atoms with Gasteiger partial charge in [0.15, 0.2) is 0 Å². The van der Waals surface area contributed by atoms with E-state index in [0.29, 0.717) is 0 Å². The van der Waals surface area contributed by atoms with E-state index in [1.165, 1.54) is 0 Å². The summed E-state index contributed by atoms with van der Waals surface area (Å²) in [5, 5.41) is 1.03. The molecule has 0 aliphatic rings. The van der Waals surface area contributed by atoms with Crippen LogP contribution in [0.4, 0.5) is 0 Å². The number of hydrogen-bond acceptors (Lipinski definition) is 2. The minimum absolute atomic E-state index is 0.769. The Balaban J connectivity index is 2.39. The number of H-pyrrole nitrogens is 1. The van der Waals surface area contributed by atoms with E-state index in [2.05, 4.69) is 43.0 Å². The van der Waals surface area contributed by atoms with Gasteiger partial charge in [-0.2, -0.15) is 0 Å². The molecular formula is C13H10BrN3. The lowest BCUT2D eigenvalue weighted by molar-refractivity contribution is 1.08. The Labute approximate surface area is 107 Å². The quantitative estimate of drug-likeness (QED) is 0.742. The smallest absolute Gasteiger partial charge is 0.142 e. The molecule has 3 aromatic rings. The van der Waals surface area contributed by atoms with E-state index in [-0.39, 0.29) is 0 Å². The van der Waals surface area contributed by atoms with E-state index in [1.54, 1.807) is 0 Å². The summed E-state index contributed by atoms with van der Waals surface area (Å²) in [5.41, 5.74) is 2.92. The average molecular weight is 288 g/mol. The molecule has 0 unspecified atom stereocenters. The highest BCUT2D eigenvalue weighted by Crippen LogP contribution is 2.31. The zero-order chi connectivity index (χ0) is 11.8. The SMILES string of the molecule is Cc1nc(-c2ccccc2)c2c(Br)c[nH]c2n1. The van der Waals surface area contributed by atoms with Crippen LogP contribution in [0.2, 0.25) is 0 Å². The van der Waals surface area contributed by atoms with Gasteiger partial charge in [-0.1, -0.05) is 30.3 Å². The monoisotopic (exact) mass is 287 g/mol. The van der Waals surface area contributed by atoms with Crippen molar-refractivity contribution in [2.24, 2.45) is 0 Å². The van der Waals surface area contributed by atoms with E-state index in [0.717, 1.165) is 32.6 Å². The van der Waals surface area contributed by atoms with E-state index < -0.39 is 0 Å².